The highest BCUT2D eigenvalue weighted by atomic mass is 32.2. The first-order chi connectivity index (χ1) is 17.5. The molecule has 3 aromatic rings. The minimum atomic E-state index is -0.567. The van der Waals surface area contributed by atoms with Crippen molar-refractivity contribution in [1.29, 1.82) is 0 Å². The molecule has 1 N–H and O–H groups in total. The number of carbonyl (C=O) groups excluding carboxylic acids is 2. The van der Waals surface area contributed by atoms with Gasteiger partial charge in [-0.2, -0.15) is 0 Å². The van der Waals surface area contributed by atoms with Crippen molar-refractivity contribution in [3.63, 3.8) is 0 Å². The SMILES string of the molecule is CCCCNC(=O)C(Cc1ccccc1)N(Cc1ccc(C)cc1)C(=O)CCSc1ccc(C)cc1. The standard InChI is InChI=1S/C31H38N2O2S/c1-4-5-20-32-31(35)29(22-26-9-7-6-8-10-26)33(23-27-15-11-24(2)12-16-27)30(34)19-21-36-28-17-13-25(3)14-18-28/h6-18,29H,4-5,19-23H2,1-3H3,(H,32,35). The zero-order chi connectivity index (χ0) is 25.8. The number of aryl methyl sites for hydroxylation is 2. The second-order valence-electron chi connectivity index (χ2n) is 9.27. The van der Waals surface area contributed by atoms with Gasteiger partial charge in [-0.3, -0.25) is 9.59 Å². The van der Waals surface area contributed by atoms with Crippen LogP contribution in [0.15, 0.2) is 83.8 Å². The number of nitrogens with one attached hydrogen (secondary N) is 1. The molecule has 0 aliphatic heterocycles. The Kier molecular flexibility index (Phi) is 11.1. The fraction of sp³-hybridized carbons (Fsp3) is 0.355. The van der Waals surface area contributed by atoms with Crippen LogP contribution in [0.3, 0.4) is 0 Å². The summed E-state index contributed by atoms with van der Waals surface area (Å²) in [5, 5.41) is 3.08. The predicted octanol–water partition coefficient (Wildman–Crippen LogP) is 6.34. The highest BCUT2D eigenvalue weighted by molar-refractivity contribution is 7.99. The van der Waals surface area contributed by atoms with Crippen LogP contribution in [0.25, 0.3) is 0 Å². The Morgan fingerprint density at radius 1 is 0.861 bits per heavy atom. The number of hydrogen-bond donors (Lipinski definition) is 1. The summed E-state index contributed by atoms with van der Waals surface area (Å²) in [6.45, 7) is 7.25. The molecule has 1 unspecified atom stereocenters. The van der Waals surface area contributed by atoms with Gasteiger partial charge in [-0.25, -0.2) is 0 Å². The molecule has 4 nitrogen and oxygen atoms in total. The van der Waals surface area contributed by atoms with Crippen LogP contribution in [0, 0.1) is 13.8 Å². The molecule has 0 fully saturated rings. The van der Waals surface area contributed by atoms with Crippen molar-refractivity contribution in [3.8, 4) is 0 Å². The molecule has 2 amide bonds. The Labute approximate surface area is 220 Å². The van der Waals surface area contributed by atoms with Gasteiger partial charge >= 0.3 is 0 Å². The van der Waals surface area contributed by atoms with Gasteiger partial charge in [0.1, 0.15) is 6.04 Å². The highest BCUT2D eigenvalue weighted by Gasteiger charge is 2.30. The molecule has 0 aliphatic rings. The van der Waals surface area contributed by atoms with Gasteiger partial charge in [-0.1, -0.05) is 91.2 Å². The van der Waals surface area contributed by atoms with E-state index in [0.29, 0.717) is 31.7 Å². The lowest BCUT2D eigenvalue weighted by atomic mass is 10.0. The summed E-state index contributed by atoms with van der Waals surface area (Å²) < 4.78 is 0. The minimum absolute atomic E-state index is 0.00163. The van der Waals surface area contributed by atoms with Crippen molar-refractivity contribution < 1.29 is 9.59 Å². The molecule has 0 saturated heterocycles. The summed E-state index contributed by atoms with van der Waals surface area (Å²) in [6, 6.07) is 26.0. The largest absolute Gasteiger partial charge is 0.354 e. The van der Waals surface area contributed by atoms with Crippen molar-refractivity contribution in [2.24, 2.45) is 0 Å². The molecular formula is C31H38N2O2S. The Balaban J connectivity index is 1.81. The van der Waals surface area contributed by atoms with E-state index < -0.39 is 6.04 Å². The number of amides is 2. The molecule has 0 heterocycles. The van der Waals surface area contributed by atoms with Crippen LogP contribution in [0.1, 0.15) is 48.4 Å². The van der Waals surface area contributed by atoms with E-state index in [1.54, 1.807) is 16.7 Å². The summed E-state index contributed by atoms with van der Waals surface area (Å²) in [6.07, 6.45) is 2.79. The molecular weight excluding hydrogens is 464 g/mol. The van der Waals surface area contributed by atoms with Crippen LogP contribution in [0.2, 0.25) is 0 Å². The monoisotopic (exact) mass is 502 g/mol. The molecule has 0 aliphatic carbocycles. The normalized spacial score (nSPS) is 11.6. The van der Waals surface area contributed by atoms with Crippen LogP contribution in [-0.4, -0.2) is 35.1 Å². The Hall–Kier alpha value is -3.05. The van der Waals surface area contributed by atoms with Gasteiger partial charge in [0, 0.05) is 36.6 Å². The van der Waals surface area contributed by atoms with Gasteiger partial charge in [-0.05, 0) is 43.5 Å². The van der Waals surface area contributed by atoms with Crippen molar-refractivity contribution in [2.75, 3.05) is 12.3 Å². The molecule has 0 spiro atoms. The van der Waals surface area contributed by atoms with E-state index in [9.17, 15) is 9.59 Å². The van der Waals surface area contributed by atoms with Gasteiger partial charge in [0.05, 0.1) is 0 Å². The van der Waals surface area contributed by atoms with Gasteiger partial charge in [-0.15, -0.1) is 11.8 Å². The average Bonchev–Trinajstić information content (AvgIpc) is 2.89. The first-order valence-corrected chi connectivity index (χ1v) is 13.8. The fourth-order valence-electron chi connectivity index (χ4n) is 3.98. The number of thioether (sulfide) groups is 1. The van der Waals surface area contributed by atoms with Gasteiger partial charge in [0.2, 0.25) is 11.8 Å². The van der Waals surface area contributed by atoms with E-state index in [1.165, 1.54) is 11.1 Å². The first kappa shape index (κ1) is 27.5. The quantitative estimate of drug-likeness (QED) is 0.219. The van der Waals surface area contributed by atoms with Crippen LogP contribution < -0.4 is 5.32 Å². The number of nitrogens with zero attached hydrogens (tertiary/aromatic N) is 1. The number of benzene rings is 3. The maximum Gasteiger partial charge on any atom is 0.243 e. The Morgan fingerprint density at radius 2 is 1.50 bits per heavy atom. The second kappa shape index (κ2) is 14.5. The molecule has 3 rings (SSSR count). The molecule has 0 radical (unpaired) electrons. The Bertz CT molecular complexity index is 1080. The fourth-order valence-corrected chi connectivity index (χ4v) is 4.83. The van der Waals surface area contributed by atoms with Crippen molar-refractivity contribution in [1.82, 2.24) is 10.2 Å². The smallest absolute Gasteiger partial charge is 0.243 e. The predicted molar refractivity (Wildman–Crippen MR) is 150 cm³/mol. The summed E-state index contributed by atoms with van der Waals surface area (Å²) in [7, 11) is 0. The van der Waals surface area contributed by atoms with E-state index in [0.717, 1.165) is 28.9 Å². The van der Waals surface area contributed by atoms with Gasteiger partial charge < -0.3 is 10.2 Å². The van der Waals surface area contributed by atoms with Crippen LogP contribution in [0.5, 0.6) is 0 Å². The minimum Gasteiger partial charge on any atom is -0.354 e. The molecule has 3 aromatic carbocycles. The molecule has 5 heteroatoms. The maximum atomic E-state index is 13.7. The second-order valence-corrected chi connectivity index (χ2v) is 10.4. The summed E-state index contributed by atoms with van der Waals surface area (Å²) in [5.74, 6) is 0.586. The number of unbranched alkanes of at least 4 members (excludes halogenated alkanes) is 1. The highest BCUT2D eigenvalue weighted by Crippen LogP contribution is 2.21. The summed E-state index contributed by atoms with van der Waals surface area (Å²) in [4.78, 5) is 30.0. The molecule has 36 heavy (non-hydrogen) atoms. The van der Waals surface area contributed by atoms with E-state index >= 15 is 0 Å². The van der Waals surface area contributed by atoms with Gasteiger partial charge in [0.15, 0.2) is 0 Å². The lowest BCUT2D eigenvalue weighted by molar-refractivity contribution is -0.141. The van der Waals surface area contributed by atoms with Crippen LogP contribution >= 0.6 is 11.8 Å². The molecule has 190 valence electrons. The number of rotatable bonds is 13. The lowest BCUT2D eigenvalue weighted by Gasteiger charge is -2.31. The topological polar surface area (TPSA) is 49.4 Å². The lowest BCUT2D eigenvalue weighted by Crippen LogP contribution is -2.50. The summed E-state index contributed by atoms with van der Waals surface area (Å²) in [5.41, 5.74) is 4.46. The third kappa shape index (κ3) is 8.87. The summed E-state index contributed by atoms with van der Waals surface area (Å²) >= 11 is 1.68. The van der Waals surface area contributed by atoms with E-state index in [1.807, 2.05) is 49.4 Å². The van der Waals surface area contributed by atoms with E-state index in [2.05, 4.69) is 55.6 Å². The molecule has 0 bridgehead atoms. The molecule has 0 saturated carbocycles. The van der Waals surface area contributed by atoms with Gasteiger partial charge in [0.25, 0.3) is 0 Å². The molecule has 0 aromatic heterocycles. The zero-order valence-electron chi connectivity index (χ0n) is 21.7. The molecule has 1 atom stereocenters. The average molecular weight is 503 g/mol. The number of hydrogen-bond acceptors (Lipinski definition) is 3. The van der Waals surface area contributed by atoms with E-state index in [4.69, 9.17) is 0 Å². The van der Waals surface area contributed by atoms with Crippen molar-refractivity contribution in [2.45, 2.75) is 63.9 Å². The first-order valence-electron chi connectivity index (χ1n) is 12.8. The van der Waals surface area contributed by atoms with Crippen molar-refractivity contribution >= 4 is 23.6 Å². The van der Waals surface area contributed by atoms with Crippen molar-refractivity contribution in [3.05, 3.63) is 101 Å². The Morgan fingerprint density at radius 3 is 2.14 bits per heavy atom. The van der Waals surface area contributed by atoms with E-state index in [-0.39, 0.29) is 11.8 Å². The third-order valence-electron chi connectivity index (χ3n) is 6.18. The van der Waals surface area contributed by atoms with Crippen LogP contribution in [-0.2, 0) is 22.6 Å². The zero-order valence-corrected chi connectivity index (χ0v) is 22.5. The maximum absolute atomic E-state index is 13.7. The number of carbonyl (C=O) groups is 2. The third-order valence-corrected chi connectivity index (χ3v) is 7.19. The van der Waals surface area contributed by atoms with Crippen LogP contribution in [0.4, 0.5) is 0 Å².